The first kappa shape index (κ1) is 16.0. The molecule has 2 aliphatic carbocycles. The molecule has 2 heterocycles. The molecule has 3 heteroatoms. The third kappa shape index (κ3) is 1.91. The Balaban J connectivity index is 1.69. The summed E-state index contributed by atoms with van der Waals surface area (Å²) in [6, 6.07) is 3.92. The maximum atomic E-state index is 10.7. The van der Waals surface area contributed by atoms with Crippen molar-refractivity contribution >= 4 is 0 Å². The zero-order chi connectivity index (χ0) is 17.6. The zero-order valence-electron chi connectivity index (χ0n) is 15.9. The summed E-state index contributed by atoms with van der Waals surface area (Å²) in [6.45, 7) is 10.0. The van der Waals surface area contributed by atoms with E-state index in [4.69, 9.17) is 9.47 Å². The number of fused-ring (bicyclic) bond motifs is 2. The summed E-state index contributed by atoms with van der Waals surface area (Å²) >= 11 is 0. The van der Waals surface area contributed by atoms with Crippen LogP contribution >= 0.6 is 0 Å². The first-order valence-electron chi connectivity index (χ1n) is 9.91. The maximum absolute atomic E-state index is 10.7. The highest BCUT2D eigenvalue weighted by Crippen LogP contribution is 2.71. The van der Waals surface area contributed by atoms with Gasteiger partial charge in [-0.3, -0.25) is 0 Å². The highest BCUT2D eigenvalue weighted by molar-refractivity contribution is 5.51. The average molecular weight is 342 g/mol. The number of phenols is 1. The molecule has 3 nitrogen and oxygen atoms in total. The van der Waals surface area contributed by atoms with Gasteiger partial charge in [-0.2, -0.15) is 0 Å². The van der Waals surface area contributed by atoms with Gasteiger partial charge in [0.15, 0.2) is 0 Å². The fraction of sp³-hybridized carbons (Fsp3) is 0.727. The third-order valence-electron chi connectivity index (χ3n) is 8.03. The van der Waals surface area contributed by atoms with E-state index in [1.54, 1.807) is 0 Å². The van der Waals surface area contributed by atoms with Crippen LogP contribution < -0.4 is 4.74 Å². The Morgan fingerprint density at radius 3 is 2.72 bits per heavy atom. The van der Waals surface area contributed by atoms with Crippen molar-refractivity contribution in [2.45, 2.75) is 71.5 Å². The third-order valence-corrected chi connectivity index (χ3v) is 8.03. The second kappa shape index (κ2) is 4.73. The minimum absolute atomic E-state index is 0.0222. The number of aryl methyl sites for hydroxylation is 1. The quantitative estimate of drug-likeness (QED) is 0.709. The minimum Gasteiger partial charge on any atom is -0.507 e. The molecule has 1 N–H and O–H groups in total. The molecule has 1 saturated heterocycles. The fourth-order valence-corrected chi connectivity index (χ4v) is 7.20. The van der Waals surface area contributed by atoms with Gasteiger partial charge in [0, 0.05) is 11.3 Å². The molecule has 0 radical (unpaired) electrons. The molecule has 3 fully saturated rings. The van der Waals surface area contributed by atoms with Gasteiger partial charge in [0.25, 0.3) is 0 Å². The molecule has 1 aromatic carbocycles. The molecular formula is C22H30O3. The van der Waals surface area contributed by atoms with Gasteiger partial charge in [-0.05, 0) is 68.6 Å². The van der Waals surface area contributed by atoms with Gasteiger partial charge in [0.05, 0.1) is 18.3 Å². The van der Waals surface area contributed by atoms with E-state index in [0.29, 0.717) is 23.0 Å². The molecule has 0 amide bonds. The van der Waals surface area contributed by atoms with Gasteiger partial charge in [-0.1, -0.05) is 20.3 Å². The second-order valence-corrected chi connectivity index (χ2v) is 9.99. The molecule has 0 unspecified atom stereocenters. The van der Waals surface area contributed by atoms with E-state index in [0.717, 1.165) is 29.9 Å². The first-order chi connectivity index (χ1) is 11.8. The summed E-state index contributed by atoms with van der Waals surface area (Å²) in [5.41, 5.74) is 2.33. The summed E-state index contributed by atoms with van der Waals surface area (Å²) in [5, 5.41) is 10.7. The largest absolute Gasteiger partial charge is 0.507 e. The van der Waals surface area contributed by atoms with Gasteiger partial charge < -0.3 is 14.6 Å². The lowest BCUT2D eigenvalue weighted by Crippen LogP contribution is -2.61. The van der Waals surface area contributed by atoms with Crippen LogP contribution in [0.4, 0.5) is 0 Å². The Morgan fingerprint density at radius 2 is 1.92 bits per heavy atom. The molecule has 136 valence electrons. The predicted molar refractivity (Wildman–Crippen MR) is 96.8 cm³/mol. The van der Waals surface area contributed by atoms with Crippen molar-refractivity contribution in [1.29, 1.82) is 0 Å². The summed E-state index contributed by atoms with van der Waals surface area (Å²) in [6.07, 6.45) is 6.12. The van der Waals surface area contributed by atoms with E-state index in [1.165, 1.54) is 25.7 Å². The molecule has 1 spiro atoms. The van der Waals surface area contributed by atoms with Crippen molar-refractivity contribution in [1.82, 2.24) is 0 Å². The van der Waals surface area contributed by atoms with Crippen LogP contribution in [0.1, 0.15) is 70.1 Å². The van der Waals surface area contributed by atoms with Crippen molar-refractivity contribution in [2.24, 2.45) is 22.7 Å². The van der Waals surface area contributed by atoms with Gasteiger partial charge in [0.1, 0.15) is 17.1 Å². The fourth-order valence-electron chi connectivity index (χ4n) is 7.20. The second-order valence-electron chi connectivity index (χ2n) is 9.99. The topological polar surface area (TPSA) is 38.7 Å². The molecule has 5 atom stereocenters. The molecule has 2 aliphatic heterocycles. The minimum atomic E-state index is -0.182. The van der Waals surface area contributed by atoms with Crippen molar-refractivity contribution in [3.8, 4) is 11.5 Å². The number of hydrogen-bond donors (Lipinski definition) is 1. The molecule has 4 aliphatic rings. The molecular weight excluding hydrogens is 312 g/mol. The van der Waals surface area contributed by atoms with E-state index < -0.39 is 0 Å². The Morgan fingerprint density at radius 1 is 1.12 bits per heavy atom. The highest BCUT2D eigenvalue weighted by atomic mass is 16.5. The lowest BCUT2D eigenvalue weighted by molar-refractivity contribution is -0.156. The standard InChI is InChI=1S/C22H30O3/c1-13-10-14(23)17-15(11-13)25-21(4)9-6-16-20(2,3)7-5-8-22(16)12-24-18(17)19(21)22/h10-11,16,18-19,23H,5-9,12H2,1-4H3/t16-,18+,19+,21-,22+/m1/s1. The number of rotatable bonds is 0. The van der Waals surface area contributed by atoms with Crippen LogP contribution in [-0.4, -0.2) is 17.3 Å². The van der Waals surface area contributed by atoms with Crippen LogP contribution in [0.15, 0.2) is 12.1 Å². The molecule has 25 heavy (non-hydrogen) atoms. The van der Waals surface area contributed by atoms with Crippen molar-refractivity contribution in [2.75, 3.05) is 6.61 Å². The van der Waals surface area contributed by atoms with Crippen LogP contribution in [0.2, 0.25) is 0 Å². The zero-order valence-corrected chi connectivity index (χ0v) is 15.9. The number of ether oxygens (including phenoxy) is 2. The van der Waals surface area contributed by atoms with Crippen LogP contribution in [-0.2, 0) is 4.74 Å². The molecule has 5 rings (SSSR count). The van der Waals surface area contributed by atoms with Crippen molar-refractivity contribution < 1.29 is 14.6 Å². The smallest absolute Gasteiger partial charge is 0.129 e. The maximum Gasteiger partial charge on any atom is 0.129 e. The van der Waals surface area contributed by atoms with Crippen molar-refractivity contribution in [3.63, 3.8) is 0 Å². The normalized spacial score (nSPS) is 43.6. The van der Waals surface area contributed by atoms with Gasteiger partial charge >= 0.3 is 0 Å². The molecule has 2 saturated carbocycles. The SMILES string of the molecule is Cc1cc(O)c2c(c1)O[C@]1(C)CC[C@@H]3C(C)(C)CCC[C@]34CO[C@@H]2[C@H]41. The Bertz CT molecular complexity index is 739. The van der Waals surface area contributed by atoms with Gasteiger partial charge in [0.2, 0.25) is 0 Å². The average Bonchev–Trinajstić information content (AvgIpc) is 2.86. The first-order valence-corrected chi connectivity index (χ1v) is 9.91. The molecule has 0 aromatic heterocycles. The number of benzene rings is 1. The Kier molecular flexibility index (Phi) is 3.03. The Labute approximate surface area is 150 Å². The van der Waals surface area contributed by atoms with Crippen LogP contribution in [0.5, 0.6) is 11.5 Å². The van der Waals surface area contributed by atoms with E-state index >= 15 is 0 Å². The summed E-state index contributed by atoms with van der Waals surface area (Å²) in [7, 11) is 0. The van der Waals surface area contributed by atoms with E-state index in [1.807, 2.05) is 13.0 Å². The summed E-state index contributed by atoms with van der Waals surface area (Å²) in [4.78, 5) is 0. The monoisotopic (exact) mass is 342 g/mol. The number of hydrogen-bond acceptors (Lipinski definition) is 3. The highest BCUT2D eigenvalue weighted by Gasteiger charge is 2.69. The van der Waals surface area contributed by atoms with E-state index in [2.05, 4.69) is 26.8 Å². The van der Waals surface area contributed by atoms with E-state index in [9.17, 15) is 5.11 Å². The van der Waals surface area contributed by atoms with Crippen LogP contribution in [0.25, 0.3) is 0 Å². The van der Waals surface area contributed by atoms with Gasteiger partial charge in [-0.15, -0.1) is 0 Å². The predicted octanol–water partition coefficient (Wildman–Crippen LogP) is 5.15. The summed E-state index contributed by atoms with van der Waals surface area (Å²) in [5.74, 6) is 2.22. The van der Waals surface area contributed by atoms with Gasteiger partial charge in [-0.25, -0.2) is 0 Å². The van der Waals surface area contributed by atoms with E-state index in [-0.39, 0.29) is 17.1 Å². The number of phenolic OH excluding ortho intramolecular Hbond substituents is 1. The molecule has 0 bridgehead atoms. The Hall–Kier alpha value is -1.22. The van der Waals surface area contributed by atoms with Crippen molar-refractivity contribution in [3.05, 3.63) is 23.3 Å². The number of aromatic hydroxyl groups is 1. The lowest BCUT2D eigenvalue weighted by atomic mass is 9.44. The van der Waals surface area contributed by atoms with Crippen LogP contribution in [0, 0.1) is 29.6 Å². The lowest BCUT2D eigenvalue weighted by Gasteiger charge is -2.61. The summed E-state index contributed by atoms with van der Waals surface area (Å²) < 4.78 is 13.1. The van der Waals surface area contributed by atoms with Crippen LogP contribution in [0.3, 0.4) is 0 Å². The molecule has 1 aromatic rings.